The average molecular weight is 575 g/mol. The summed E-state index contributed by atoms with van der Waals surface area (Å²) in [5, 5.41) is 28.3. The number of aromatic nitrogens is 4. The Morgan fingerprint density at radius 2 is 1.67 bits per heavy atom. The van der Waals surface area contributed by atoms with Crippen molar-refractivity contribution in [1.82, 2.24) is 19.7 Å². The molecule has 6 aromatic rings. The van der Waals surface area contributed by atoms with Crippen molar-refractivity contribution in [3.63, 3.8) is 0 Å². The second-order valence-corrected chi connectivity index (χ2v) is 10.4. The van der Waals surface area contributed by atoms with Crippen molar-refractivity contribution < 1.29 is 19.7 Å². The molecule has 9 nitrogen and oxygen atoms in total. The van der Waals surface area contributed by atoms with Crippen molar-refractivity contribution >= 4 is 21.5 Å². The molecule has 0 unspecified atom stereocenters. The highest BCUT2D eigenvalue weighted by Gasteiger charge is 2.20. The zero-order chi connectivity index (χ0) is 30.1. The highest BCUT2D eigenvalue weighted by Crippen LogP contribution is 2.41. The molecular weight excluding hydrogens is 544 g/mol. The minimum absolute atomic E-state index is 0.0769. The molecule has 0 saturated carbocycles. The molecule has 0 amide bonds. The van der Waals surface area contributed by atoms with Crippen molar-refractivity contribution in [2.75, 3.05) is 7.11 Å². The van der Waals surface area contributed by atoms with Gasteiger partial charge in [0.15, 0.2) is 17.3 Å². The average Bonchev–Trinajstić information content (AvgIpc) is 3.04. The first kappa shape index (κ1) is 28.0. The molecule has 3 aromatic carbocycles. The lowest BCUT2D eigenvalue weighted by atomic mass is 9.90. The Kier molecular flexibility index (Phi) is 7.58. The van der Waals surface area contributed by atoms with Crippen molar-refractivity contribution in [1.29, 1.82) is 0 Å². The van der Waals surface area contributed by atoms with Crippen LogP contribution < -0.4 is 15.0 Å². The second kappa shape index (κ2) is 11.6. The third-order valence-corrected chi connectivity index (χ3v) is 7.31. The lowest BCUT2D eigenvalue weighted by molar-refractivity contribution is 0.230. The van der Waals surface area contributed by atoms with E-state index >= 15 is 0 Å². The van der Waals surface area contributed by atoms with Crippen LogP contribution in [-0.2, 0) is 13.2 Å². The second-order valence-electron chi connectivity index (χ2n) is 10.4. The lowest BCUT2D eigenvalue weighted by Gasteiger charge is -2.20. The molecule has 0 aliphatic heterocycles. The Balaban J connectivity index is 1.61. The molecule has 9 heteroatoms. The van der Waals surface area contributed by atoms with Gasteiger partial charge < -0.3 is 19.7 Å². The lowest BCUT2D eigenvalue weighted by Crippen LogP contribution is -2.23. The van der Waals surface area contributed by atoms with Gasteiger partial charge in [-0.25, -0.2) is 4.98 Å². The van der Waals surface area contributed by atoms with Gasteiger partial charge in [0.25, 0.3) is 5.56 Å². The zero-order valence-corrected chi connectivity index (χ0v) is 24.0. The number of benzene rings is 3. The molecule has 3 heterocycles. The number of fused-ring (bicyclic) bond motifs is 2. The van der Waals surface area contributed by atoms with E-state index in [0.717, 1.165) is 16.3 Å². The van der Waals surface area contributed by atoms with Gasteiger partial charge in [-0.05, 0) is 95.4 Å². The van der Waals surface area contributed by atoms with Gasteiger partial charge in [0.2, 0.25) is 0 Å². The molecule has 0 aliphatic carbocycles. The summed E-state index contributed by atoms with van der Waals surface area (Å²) in [4.78, 5) is 22.5. The maximum absolute atomic E-state index is 13.7. The standard InChI is InChI=1S/C34H30N4O5/c1-20(2)43-30-14-23-13-24(18-39)28(19-40)32(27(23)16-29(30)42-3)21-10-12-36-31(15-21)38-34(41)26-9-5-4-8-25(26)33(37-38)22-7-6-11-35-17-22/h4-17,20,39-40H,18-19H2,1-3H3. The molecule has 0 bridgehead atoms. The molecule has 0 aliphatic rings. The minimum Gasteiger partial charge on any atom is -0.493 e. The van der Waals surface area contributed by atoms with E-state index in [0.29, 0.717) is 56.0 Å². The van der Waals surface area contributed by atoms with E-state index in [-0.39, 0.29) is 24.9 Å². The summed E-state index contributed by atoms with van der Waals surface area (Å²) in [6.07, 6.45) is 4.91. The molecule has 0 saturated heterocycles. The molecule has 2 N–H and O–H groups in total. The minimum atomic E-state index is -0.318. The van der Waals surface area contributed by atoms with E-state index in [2.05, 4.69) is 9.97 Å². The first-order valence-electron chi connectivity index (χ1n) is 13.9. The van der Waals surface area contributed by atoms with Crippen LogP contribution in [0.4, 0.5) is 0 Å². The van der Waals surface area contributed by atoms with E-state index in [4.69, 9.17) is 14.6 Å². The van der Waals surface area contributed by atoms with Crippen LogP contribution in [0.3, 0.4) is 0 Å². The van der Waals surface area contributed by atoms with Gasteiger partial charge in [-0.1, -0.05) is 18.2 Å². The Labute approximate surface area is 247 Å². The number of ether oxygens (including phenoxy) is 2. The fraction of sp³-hybridized carbons (Fsp3) is 0.176. The topological polar surface area (TPSA) is 120 Å². The Bertz CT molecular complexity index is 2020. The Hall–Kier alpha value is -5.12. The van der Waals surface area contributed by atoms with Gasteiger partial charge in [-0.15, -0.1) is 0 Å². The predicted molar refractivity (Wildman–Crippen MR) is 165 cm³/mol. The number of methoxy groups -OCH3 is 1. The van der Waals surface area contributed by atoms with Crippen LogP contribution in [0.1, 0.15) is 25.0 Å². The van der Waals surface area contributed by atoms with Crippen LogP contribution in [0.15, 0.2) is 90.1 Å². The number of hydrogen-bond acceptors (Lipinski definition) is 8. The summed E-state index contributed by atoms with van der Waals surface area (Å²) in [6, 6.07) is 20.2. The molecule has 0 radical (unpaired) electrons. The molecule has 216 valence electrons. The van der Waals surface area contributed by atoms with Crippen LogP contribution in [0, 0.1) is 0 Å². The smallest absolute Gasteiger partial charge is 0.280 e. The van der Waals surface area contributed by atoms with Crippen molar-refractivity contribution in [3.05, 3.63) is 107 Å². The molecule has 0 atom stereocenters. The number of hydrogen-bond donors (Lipinski definition) is 2. The normalized spacial score (nSPS) is 11.4. The number of aliphatic hydroxyl groups is 2. The van der Waals surface area contributed by atoms with Crippen molar-refractivity contribution in [2.45, 2.75) is 33.2 Å². The first-order valence-corrected chi connectivity index (χ1v) is 13.9. The van der Waals surface area contributed by atoms with Crippen LogP contribution in [-0.4, -0.2) is 43.2 Å². The van der Waals surface area contributed by atoms with Gasteiger partial charge in [0.05, 0.1) is 31.8 Å². The summed E-state index contributed by atoms with van der Waals surface area (Å²) in [5.41, 5.74) is 3.54. The SMILES string of the molecule is COc1cc2c(-c3ccnc(-n4nc(-c5cccnc5)c5ccccc5c4=O)c3)c(CO)c(CO)cc2cc1OC(C)C. The molecule has 43 heavy (non-hydrogen) atoms. The molecule has 0 fully saturated rings. The van der Waals surface area contributed by atoms with Gasteiger partial charge in [0, 0.05) is 29.5 Å². The van der Waals surface area contributed by atoms with E-state index < -0.39 is 0 Å². The third kappa shape index (κ3) is 5.09. The largest absolute Gasteiger partial charge is 0.493 e. The highest BCUT2D eigenvalue weighted by molar-refractivity contribution is 6.01. The number of nitrogens with zero attached hydrogens (tertiary/aromatic N) is 4. The van der Waals surface area contributed by atoms with Gasteiger partial charge in [0.1, 0.15) is 5.69 Å². The number of pyridine rings is 2. The number of rotatable bonds is 8. The summed E-state index contributed by atoms with van der Waals surface area (Å²) >= 11 is 0. The summed E-state index contributed by atoms with van der Waals surface area (Å²) in [6.45, 7) is 3.28. The fourth-order valence-electron chi connectivity index (χ4n) is 5.42. The van der Waals surface area contributed by atoms with Gasteiger partial charge in [-0.3, -0.25) is 9.78 Å². The molecule has 6 rings (SSSR count). The van der Waals surface area contributed by atoms with Gasteiger partial charge >= 0.3 is 0 Å². The summed E-state index contributed by atoms with van der Waals surface area (Å²) in [7, 11) is 1.57. The summed E-state index contributed by atoms with van der Waals surface area (Å²) in [5.74, 6) is 1.41. The first-order chi connectivity index (χ1) is 20.9. The van der Waals surface area contributed by atoms with Crippen LogP contribution in [0.5, 0.6) is 11.5 Å². The van der Waals surface area contributed by atoms with E-state index in [9.17, 15) is 15.0 Å². The monoisotopic (exact) mass is 574 g/mol. The van der Waals surface area contributed by atoms with E-state index in [1.807, 2.05) is 62.4 Å². The Morgan fingerprint density at radius 3 is 2.37 bits per heavy atom. The molecule has 0 spiro atoms. The summed E-state index contributed by atoms with van der Waals surface area (Å²) < 4.78 is 13.0. The number of aliphatic hydroxyl groups excluding tert-OH is 2. The van der Waals surface area contributed by atoms with Crippen molar-refractivity contribution in [2.24, 2.45) is 0 Å². The fourth-order valence-corrected chi connectivity index (χ4v) is 5.42. The highest BCUT2D eigenvalue weighted by atomic mass is 16.5. The van der Waals surface area contributed by atoms with Crippen LogP contribution in [0.2, 0.25) is 0 Å². The quantitative estimate of drug-likeness (QED) is 0.247. The third-order valence-electron chi connectivity index (χ3n) is 7.31. The van der Waals surface area contributed by atoms with E-state index in [1.165, 1.54) is 4.68 Å². The van der Waals surface area contributed by atoms with E-state index in [1.54, 1.807) is 43.9 Å². The maximum Gasteiger partial charge on any atom is 0.280 e. The molecular formula is C34H30N4O5. The maximum atomic E-state index is 13.7. The van der Waals surface area contributed by atoms with Crippen molar-refractivity contribution in [3.8, 4) is 39.7 Å². The zero-order valence-electron chi connectivity index (χ0n) is 24.0. The van der Waals surface area contributed by atoms with Gasteiger partial charge in [-0.2, -0.15) is 9.78 Å². The van der Waals surface area contributed by atoms with Crippen LogP contribution in [0.25, 0.3) is 49.7 Å². The van der Waals surface area contributed by atoms with Crippen LogP contribution >= 0.6 is 0 Å². The molecule has 3 aromatic heterocycles. The Morgan fingerprint density at radius 1 is 0.860 bits per heavy atom. The predicted octanol–water partition coefficient (Wildman–Crippen LogP) is 5.44.